The summed E-state index contributed by atoms with van der Waals surface area (Å²) >= 11 is 0. The fourth-order valence-electron chi connectivity index (χ4n) is 4.48. The van der Waals surface area contributed by atoms with E-state index in [0.29, 0.717) is 0 Å². The number of fused-ring (bicyclic) bond motifs is 2. The van der Waals surface area contributed by atoms with E-state index in [1.165, 1.54) is 52.0 Å². The van der Waals surface area contributed by atoms with Crippen molar-refractivity contribution >= 4 is 16.9 Å². The van der Waals surface area contributed by atoms with Crippen LogP contribution < -0.4 is 4.90 Å². The molecule has 0 bridgehead atoms. The minimum Gasteiger partial charge on any atom is -0.341 e. The molecule has 0 N–H and O–H groups in total. The van der Waals surface area contributed by atoms with Gasteiger partial charge in [-0.2, -0.15) is 0 Å². The van der Waals surface area contributed by atoms with Gasteiger partial charge in [-0.1, -0.05) is 42.5 Å². The molecule has 5 rings (SSSR count). The van der Waals surface area contributed by atoms with Crippen LogP contribution in [-0.4, -0.2) is 11.5 Å². The van der Waals surface area contributed by atoms with Gasteiger partial charge in [-0.3, -0.25) is 4.98 Å². The van der Waals surface area contributed by atoms with Gasteiger partial charge in [0.2, 0.25) is 0 Å². The lowest BCUT2D eigenvalue weighted by atomic mass is 9.98. The molecule has 0 unspecified atom stereocenters. The predicted molar refractivity (Wildman–Crippen MR) is 112 cm³/mol. The lowest BCUT2D eigenvalue weighted by Crippen LogP contribution is -2.12. The second kappa shape index (κ2) is 7.03. The van der Waals surface area contributed by atoms with Crippen LogP contribution in [0.15, 0.2) is 73.1 Å². The number of pyridine rings is 1. The van der Waals surface area contributed by atoms with Crippen molar-refractivity contribution in [1.29, 1.82) is 0 Å². The average Bonchev–Trinajstić information content (AvgIpc) is 3.33. The van der Waals surface area contributed by atoms with Crippen LogP contribution in [-0.2, 0) is 19.3 Å². The molecule has 1 aliphatic carbocycles. The fraction of sp³-hybridized carbons (Fsp3) is 0.240. The number of anilines is 2. The number of nitrogens with zero attached hydrogens (tertiary/aromatic N) is 2. The maximum atomic E-state index is 4.14. The molecular formula is C25H24N2. The van der Waals surface area contributed by atoms with Crippen molar-refractivity contribution in [3.05, 3.63) is 95.3 Å². The van der Waals surface area contributed by atoms with E-state index in [1.807, 2.05) is 12.4 Å². The number of hydrogen-bond donors (Lipinski definition) is 0. The van der Waals surface area contributed by atoms with Gasteiger partial charge in [0.25, 0.3) is 0 Å². The van der Waals surface area contributed by atoms with E-state index in [0.717, 1.165) is 25.8 Å². The van der Waals surface area contributed by atoms with E-state index in [-0.39, 0.29) is 0 Å². The van der Waals surface area contributed by atoms with E-state index in [9.17, 15) is 0 Å². The lowest BCUT2D eigenvalue weighted by Gasteiger charge is -2.19. The highest BCUT2D eigenvalue weighted by atomic mass is 15.2. The molecule has 1 aromatic heterocycles. The largest absolute Gasteiger partial charge is 0.341 e. The zero-order valence-corrected chi connectivity index (χ0v) is 15.6. The third-order valence-corrected chi connectivity index (χ3v) is 5.86. The Morgan fingerprint density at radius 3 is 2.70 bits per heavy atom. The number of rotatable bonds is 5. The molecule has 2 heteroatoms. The van der Waals surface area contributed by atoms with E-state index in [2.05, 4.69) is 70.6 Å². The van der Waals surface area contributed by atoms with Crippen LogP contribution >= 0.6 is 0 Å². The quantitative estimate of drug-likeness (QED) is 0.582. The third-order valence-electron chi connectivity index (χ3n) is 5.86. The fourth-order valence-corrected chi connectivity index (χ4v) is 4.48. The Balaban J connectivity index is 1.24. The second-order valence-corrected chi connectivity index (χ2v) is 7.51. The molecule has 0 radical (unpaired) electrons. The molecule has 27 heavy (non-hydrogen) atoms. The van der Waals surface area contributed by atoms with Gasteiger partial charge < -0.3 is 4.90 Å². The molecule has 2 heterocycles. The summed E-state index contributed by atoms with van der Waals surface area (Å²) in [5.41, 5.74) is 10.0. The maximum Gasteiger partial charge on any atom is 0.0444 e. The van der Waals surface area contributed by atoms with Gasteiger partial charge >= 0.3 is 0 Å². The molecule has 0 amide bonds. The van der Waals surface area contributed by atoms with Crippen molar-refractivity contribution in [2.75, 3.05) is 11.4 Å². The highest BCUT2D eigenvalue weighted by molar-refractivity contribution is 5.73. The van der Waals surface area contributed by atoms with Crippen LogP contribution in [0.3, 0.4) is 0 Å². The standard InChI is InChI=1S/C25H24N2/c1-2-7-24-20(5-1)9-10-21(24)6-3-4-19-8-11-25-22(18-19)14-17-27(25)23-12-15-26-16-13-23/h1-2,5,7-8,10-13,15-16,18H,3-4,6,9,14,17H2. The van der Waals surface area contributed by atoms with Crippen molar-refractivity contribution in [3.8, 4) is 0 Å². The monoisotopic (exact) mass is 352 g/mol. The van der Waals surface area contributed by atoms with Crippen molar-refractivity contribution in [1.82, 2.24) is 4.98 Å². The molecule has 1 aliphatic heterocycles. The molecule has 134 valence electrons. The van der Waals surface area contributed by atoms with E-state index in [1.54, 1.807) is 0 Å². The summed E-state index contributed by atoms with van der Waals surface area (Å²) in [5.74, 6) is 0. The minimum atomic E-state index is 1.06. The van der Waals surface area contributed by atoms with Crippen molar-refractivity contribution in [2.24, 2.45) is 0 Å². The predicted octanol–water partition coefficient (Wildman–Crippen LogP) is 5.74. The third kappa shape index (κ3) is 3.16. The zero-order chi connectivity index (χ0) is 18.1. The van der Waals surface area contributed by atoms with Crippen LogP contribution in [0, 0.1) is 0 Å². The van der Waals surface area contributed by atoms with Gasteiger partial charge in [-0.15, -0.1) is 0 Å². The van der Waals surface area contributed by atoms with Crippen molar-refractivity contribution in [3.63, 3.8) is 0 Å². The smallest absolute Gasteiger partial charge is 0.0444 e. The normalized spacial score (nSPS) is 14.8. The molecule has 0 saturated carbocycles. The van der Waals surface area contributed by atoms with Crippen LogP contribution in [0.25, 0.3) is 5.57 Å². The summed E-state index contributed by atoms with van der Waals surface area (Å²) in [7, 11) is 0. The molecule has 0 fully saturated rings. The number of allylic oxidation sites excluding steroid dienone is 2. The highest BCUT2D eigenvalue weighted by Crippen LogP contribution is 2.35. The Morgan fingerprint density at radius 1 is 0.889 bits per heavy atom. The molecule has 0 atom stereocenters. The van der Waals surface area contributed by atoms with Gasteiger partial charge in [0.05, 0.1) is 0 Å². The first-order chi connectivity index (χ1) is 13.4. The van der Waals surface area contributed by atoms with Crippen LogP contribution in [0.1, 0.15) is 35.1 Å². The first kappa shape index (κ1) is 16.3. The molecular weight excluding hydrogens is 328 g/mol. The van der Waals surface area contributed by atoms with Crippen molar-refractivity contribution < 1.29 is 0 Å². The summed E-state index contributed by atoms with van der Waals surface area (Å²) in [5, 5.41) is 0. The summed E-state index contributed by atoms with van der Waals surface area (Å²) in [6, 6.07) is 20.1. The Labute approximate surface area is 161 Å². The van der Waals surface area contributed by atoms with Crippen LogP contribution in [0.4, 0.5) is 11.4 Å². The highest BCUT2D eigenvalue weighted by Gasteiger charge is 2.20. The number of benzene rings is 2. The first-order valence-corrected chi connectivity index (χ1v) is 9.95. The topological polar surface area (TPSA) is 16.1 Å². The number of aromatic nitrogens is 1. The van der Waals surface area contributed by atoms with Gasteiger partial charge in [0.15, 0.2) is 0 Å². The Kier molecular flexibility index (Phi) is 4.25. The number of hydrogen-bond acceptors (Lipinski definition) is 2. The van der Waals surface area contributed by atoms with Gasteiger partial charge in [0.1, 0.15) is 0 Å². The van der Waals surface area contributed by atoms with E-state index >= 15 is 0 Å². The summed E-state index contributed by atoms with van der Waals surface area (Å²) in [6.07, 6.45) is 11.9. The molecule has 0 spiro atoms. The maximum absolute atomic E-state index is 4.14. The molecule has 3 aromatic rings. The average molecular weight is 352 g/mol. The Morgan fingerprint density at radius 2 is 1.78 bits per heavy atom. The van der Waals surface area contributed by atoms with Gasteiger partial charge in [-0.05, 0) is 78.1 Å². The lowest BCUT2D eigenvalue weighted by molar-refractivity contribution is 0.853. The van der Waals surface area contributed by atoms with Crippen LogP contribution in [0.2, 0.25) is 0 Å². The Bertz CT molecular complexity index is 988. The molecule has 2 aromatic carbocycles. The summed E-state index contributed by atoms with van der Waals surface area (Å²) < 4.78 is 0. The minimum absolute atomic E-state index is 1.06. The van der Waals surface area contributed by atoms with E-state index < -0.39 is 0 Å². The summed E-state index contributed by atoms with van der Waals surface area (Å²) in [6.45, 7) is 1.06. The van der Waals surface area contributed by atoms with E-state index in [4.69, 9.17) is 0 Å². The summed E-state index contributed by atoms with van der Waals surface area (Å²) in [4.78, 5) is 6.54. The zero-order valence-electron chi connectivity index (χ0n) is 15.6. The van der Waals surface area contributed by atoms with Gasteiger partial charge in [0, 0.05) is 30.3 Å². The SMILES string of the molecule is C1=C(CCCc2ccc3c(c2)CCN3c2ccncc2)c2ccccc2C1. The first-order valence-electron chi connectivity index (χ1n) is 9.95. The second-order valence-electron chi connectivity index (χ2n) is 7.51. The number of aryl methyl sites for hydroxylation is 1. The molecule has 2 nitrogen and oxygen atoms in total. The van der Waals surface area contributed by atoms with Crippen molar-refractivity contribution in [2.45, 2.75) is 32.1 Å². The van der Waals surface area contributed by atoms with Gasteiger partial charge in [-0.25, -0.2) is 0 Å². The Hall–Kier alpha value is -2.87. The molecule has 0 saturated heterocycles. The molecule has 2 aliphatic rings. The van der Waals surface area contributed by atoms with Crippen LogP contribution in [0.5, 0.6) is 0 Å².